The zero-order chi connectivity index (χ0) is 19.6. The number of anilines is 1. The summed E-state index contributed by atoms with van der Waals surface area (Å²) in [6.07, 6.45) is 5.60. The summed E-state index contributed by atoms with van der Waals surface area (Å²) in [4.78, 5) is 12.2. The van der Waals surface area contributed by atoms with Gasteiger partial charge in [-0.05, 0) is 61.2 Å². The fourth-order valence-electron chi connectivity index (χ4n) is 2.99. The van der Waals surface area contributed by atoms with Crippen LogP contribution in [0.1, 0.15) is 30.9 Å². The summed E-state index contributed by atoms with van der Waals surface area (Å²) in [6.45, 7) is 4.34. The molecule has 0 bridgehead atoms. The highest BCUT2D eigenvalue weighted by Crippen LogP contribution is 2.26. The highest BCUT2D eigenvalue weighted by molar-refractivity contribution is 7.99. The molecule has 0 aliphatic carbocycles. The van der Waals surface area contributed by atoms with E-state index < -0.39 is 0 Å². The van der Waals surface area contributed by atoms with E-state index in [0.29, 0.717) is 11.9 Å². The van der Waals surface area contributed by atoms with Gasteiger partial charge in [0.2, 0.25) is 5.91 Å². The standard InChI is InChI=1S/C23H27NO3S/c1-2-27-21-9-6-18(7-10-21)8-11-23(25)24-20-5-3-4-19(16-20)17-28-22-12-14-26-15-13-22/h3-11,16,22H,2,12-15,17H2,1H3,(H,24,25)/b11-8+. The van der Waals surface area contributed by atoms with Crippen molar-refractivity contribution < 1.29 is 14.3 Å². The monoisotopic (exact) mass is 397 g/mol. The molecule has 2 aromatic carbocycles. The number of nitrogens with one attached hydrogen (secondary N) is 1. The molecular formula is C23H27NO3S. The van der Waals surface area contributed by atoms with Crippen LogP contribution in [-0.2, 0) is 15.3 Å². The van der Waals surface area contributed by atoms with E-state index >= 15 is 0 Å². The lowest BCUT2D eigenvalue weighted by atomic mass is 10.2. The molecule has 0 atom stereocenters. The van der Waals surface area contributed by atoms with Crippen molar-refractivity contribution in [2.45, 2.75) is 30.8 Å². The molecule has 2 aromatic rings. The number of thioether (sulfide) groups is 1. The van der Waals surface area contributed by atoms with Crippen LogP contribution in [0.4, 0.5) is 5.69 Å². The van der Waals surface area contributed by atoms with Crippen LogP contribution in [0.5, 0.6) is 5.75 Å². The van der Waals surface area contributed by atoms with Crippen LogP contribution in [0.25, 0.3) is 6.08 Å². The van der Waals surface area contributed by atoms with E-state index in [4.69, 9.17) is 9.47 Å². The van der Waals surface area contributed by atoms with Crippen LogP contribution in [0.15, 0.2) is 54.6 Å². The van der Waals surface area contributed by atoms with E-state index in [9.17, 15) is 4.79 Å². The highest BCUT2D eigenvalue weighted by Gasteiger charge is 2.14. The molecule has 1 fully saturated rings. The third-order valence-electron chi connectivity index (χ3n) is 4.47. The fourth-order valence-corrected chi connectivity index (χ4v) is 4.13. The number of hydrogen-bond donors (Lipinski definition) is 1. The normalized spacial score (nSPS) is 14.9. The van der Waals surface area contributed by atoms with E-state index in [-0.39, 0.29) is 5.91 Å². The third kappa shape index (κ3) is 6.73. The fraction of sp³-hybridized carbons (Fsp3) is 0.348. The maximum atomic E-state index is 12.2. The average Bonchev–Trinajstić information content (AvgIpc) is 2.73. The van der Waals surface area contributed by atoms with Crippen LogP contribution in [-0.4, -0.2) is 31.0 Å². The molecule has 1 saturated heterocycles. The van der Waals surface area contributed by atoms with Crippen molar-refractivity contribution in [3.8, 4) is 5.75 Å². The molecule has 148 valence electrons. The molecule has 1 aliphatic heterocycles. The van der Waals surface area contributed by atoms with Crippen LogP contribution >= 0.6 is 11.8 Å². The quantitative estimate of drug-likeness (QED) is 0.626. The van der Waals surface area contributed by atoms with Crippen molar-refractivity contribution in [2.24, 2.45) is 0 Å². The van der Waals surface area contributed by atoms with E-state index in [1.54, 1.807) is 12.2 Å². The van der Waals surface area contributed by atoms with E-state index in [1.807, 2.05) is 55.1 Å². The highest BCUT2D eigenvalue weighted by atomic mass is 32.2. The van der Waals surface area contributed by atoms with Crippen LogP contribution in [0, 0.1) is 0 Å². The Balaban J connectivity index is 1.50. The molecule has 0 aromatic heterocycles. The smallest absolute Gasteiger partial charge is 0.248 e. The molecule has 1 aliphatic rings. The number of carbonyl (C=O) groups is 1. The van der Waals surface area contributed by atoms with E-state index in [0.717, 1.165) is 48.8 Å². The van der Waals surface area contributed by atoms with Gasteiger partial charge in [-0.25, -0.2) is 0 Å². The lowest BCUT2D eigenvalue weighted by molar-refractivity contribution is -0.111. The summed E-state index contributed by atoms with van der Waals surface area (Å²) in [7, 11) is 0. The molecule has 0 spiro atoms. The Hall–Kier alpha value is -2.24. The Bertz CT molecular complexity index is 783. The lowest BCUT2D eigenvalue weighted by Gasteiger charge is -2.21. The Morgan fingerprint density at radius 1 is 1.21 bits per heavy atom. The van der Waals surface area contributed by atoms with Gasteiger partial charge in [-0.1, -0.05) is 24.3 Å². The number of amides is 1. The second-order valence-electron chi connectivity index (χ2n) is 6.65. The molecule has 1 amide bonds. The lowest BCUT2D eigenvalue weighted by Crippen LogP contribution is -2.17. The number of carbonyl (C=O) groups excluding carboxylic acids is 1. The van der Waals surface area contributed by atoms with Gasteiger partial charge >= 0.3 is 0 Å². The van der Waals surface area contributed by atoms with E-state index in [1.165, 1.54) is 5.56 Å². The molecule has 28 heavy (non-hydrogen) atoms. The van der Waals surface area contributed by atoms with Gasteiger partial charge in [-0.15, -0.1) is 0 Å². The Morgan fingerprint density at radius 2 is 2.00 bits per heavy atom. The zero-order valence-electron chi connectivity index (χ0n) is 16.2. The van der Waals surface area contributed by atoms with Gasteiger partial charge < -0.3 is 14.8 Å². The number of benzene rings is 2. The molecule has 0 radical (unpaired) electrons. The average molecular weight is 398 g/mol. The van der Waals surface area contributed by atoms with Crippen molar-refractivity contribution in [1.82, 2.24) is 0 Å². The maximum Gasteiger partial charge on any atom is 0.248 e. The number of ether oxygens (including phenoxy) is 2. The first kappa shape index (κ1) is 20.5. The largest absolute Gasteiger partial charge is 0.494 e. The Morgan fingerprint density at radius 3 is 2.75 bits per heavy atom. The predicted octanol–water partition coefficient (Wildman–Crippen LogP) is 5.15. The molecule has 1 N–H and O–H groups in total. The SMILES string of the molecule is CCOc1ccc(/C=C/C(=O)Nc2cccc(CSC3CCOCC3)c2)cc1. The minimum atomic E-state index is -0.136. The molecule has 0 unspecified atom stereocenters. The van der Waals surface area contributed by atoms with Gasteiger partial charge in [-0.3, -0.25) is 4.79 Å². The third-order valence-corrected chi connectivity index (χ3v) is 5.91. The molecular weight excluding hydrogens is 370 g/mol. The minimum Gasteiger partial charge on any atom is -0.494 e. The first-order valence-electron chi connectivity index (χ1n) is 9.73. The van der Waals surface area contributed by atoms with Crippen molar-refractivity contribution in [1.29, 1.82) is 0 Å². The minimum absolute atomic E-state index is 0.136. The second kappa shape index (κ2) is 10.9. The maximum absolute atomic E-state index is 12.2. The summed E-state index contributed by atoms with van der Waals surface area (Å²) in [6, 6.07) is 15.7. The zero-order valence-corrected chi connectivity index (χ0v) is 17.0. The molecule has 1 heterocycles. The first-order valence-corrected chi connectivity index (χ1v) is 10.8. The predicted molar refractivity (Wildman–Crippen MR) is 117 cm³/mol. The van der Waals surface area contributed by atoms with Crippen LogP contribution < -0.4 is 10.1 Å². The van der Waals surface area contributed by atoms with E-state index in [2.05, 4.69) is 17.4 Å². The van der Waals surface area contributed by atoms with Crippen molar-refractivity contribution in [2.75, 3.05) is 25.1 Å². The number of rotatable bonds is 8. The van der Waals surface area contributed by atoms with Gasteiger partial charge in [-0.2, -0.15) is 11.8 Å². The topological polar surface area (TPSA) is 47.6 Å². The molecule has 3 rings (SSSR count). The first-order chi connectivity index (χ1) is 13.7. The van der Waals surface area contributed by atoms with Gasteiger partial charge in [0.05, 0.1) is 6.61 Å². The Kier molecular flexibility index (Phi) is 8.00. The van der Waals surface area contributed by atoms with Crippen molar-refractivity contribution in [3.05, 3.63) is 65.7 Å². The van der Waals surface area contributed by atoms with Crippen molar-refractivity contribution in [3.63, 3.8) is 0 Å². The summed E-state index contributed by atoms with van der Waals surface area (Å²) < 4.78 is 10.8. The summed E-state index contributed by atoms with van der Waals surface area (Å²) >= 11 is 1.97. The molecule has 4 nitrogen and oxygen atoms in total. The van der Waals surface area contributed by atoms with Crippen molar-refractivity contribution >= 4 is 29.4 Å². The van der Waals surface area contributed by atoms with Gasteiger partial charge in [0, 0.05) is 36.0 Å². The Labute approximate surface area is 171 Å². The summed E-state index contributed by atoms with van der Waals surface area (Å²) in [5.74, 6) is 1.65. The molecule has 0 saturated carbocycles. The summed E-state index contributed by atoms with van der Waals surface area (Å²) in [5.41, 5.74) is 3.01. The molecule has 5 heteroatoms. The van der Waals surface area contributed by atoms with Gasteiger partial charge in [0.25, 0.3) is 0 Å². The van der Waals surface area contributed by atoms with Gasteiger partial charge in [0.15, 0.2) is 0 Å². The van der Waals surface area contributed by atoms with Crippen LogP contribution in [0.2, 0.25) is 0 Å². The number of hydrogen-bond acceptors (Lipinski definition) is 4. The second-order valence-corrected chi connectivity index (χ2v) is 7.94. The van der Waals surface area contributed by atoms with Crippen LogP contribution in [0.3, 0.4) is 0 Å². The van der Waals surface area contributed by atoms with Gasteiger partial charge in [0.1, 0.15) is 5.75 Å². The summed E-state index contributed by atoms with van der Waals surface area (Å²) in [5, 5.41) is 3.61.